The van der Waals surface area contributed by atoms with Crippen LogP contribution in [0.5, 0.6) is 0 Å². The summed E-state index contributed by atoms with van der Waals surface area (Å²) in [4.78, 5) is 5.73. The summed E-state index contributed by atoms with van der Waals surface area (Å²) >= 11 is 1.70. The van der Waals surface area contributed by atoms with Crippen molar-refractivity contribution >= 4 is 11.8 Å². The van der Waals surface area contributed by atoms with Gasteiger partial charge in [0.25, 0.3) is 0 Å². The fraction of sp³-hybridized carbons (Fsp3) is 0.500. The second-order valence-corrected chi connectivity index (χ2v) is 7.02. The molecule has 1 aliphatic carbocycles. The molecule has 0 spiro atoms. The number of hydrogen-bond donors (Lipinski definition) is 1. The third-order valence-corrected chi connectivity index (χ3v) is 5.05. The van der Waals surface area contributed by atoms with Crippen molar-refractivity contribution in [3.8, 4) is 0 Å². The highest BCUT2D eigenvalue weighted by Crippen LogP contribution is 2.36. The predicted octanol–water partition coefficient (Wildman–Crippen LogP) is 3.73. The molecule has 0 saturated heterocycles. The highest BCUT2D eigenvalue weighted by Gasteiger charge is 2.36. The first-order chi connectivity index (χ1) is 10.2. The van der Waals surface area contributed by atoms with E-state index in [0.717, 1.165) is 19.3 Å². The Kier molecular flexibility index (Phi) is 4.31. The van der Waals surface area contributed by atoms with Crippen LogP contribution in [-0.4, -0.2) is 10.1 Å². The molecule has 0 aliphatic heterocycles. The minimum atomic E-state index is -0.406. The summed E-state index contributed by atoms with van der Waals surface area (Å²) in [5.74, 6) is 2.65. The third-order valence-electron chi connectivity index (χ3n) is 4.05. The van der Waals surface area contributed by atoms with Gasteiger partial charge in [0.05, 0.1) is 11.3 Å². The van der Waals surface area contributed by atoms with Crippen molar-refractivity contribution in [1.29, 1.82) is 0 Å². The van der Waals surface area contributed by atoms with Crippen molar-refractivity contribution < 1.29 is 4.52 Å². The van der Waals surface area contributed by atoms with Crippen LogP contribution in [0.15, 0.2) is 39.8 Å². The molecule has 2 aromatic rings. The number of benzene rings is 1. The largest absolute Gasteiger partial charge is 0.338 e. The van der Waals surface area contributed by atoms with Crippen molar-refractivity contribution in [3.05, 3.63) is 42.0 Å². The summed E-state index contributed by atoms with van der Waals surface area (Å²) < 4.78 is 5.38. The van der Waals surface area contributed by atoms with Crippen LogP contribution in [0.2, 0.25) is 0 Å². The van der Waals surface area contributed by atoms with E-state index in [1.165, 1.54) is 11.3 Å². The molecule has 1 aromatic heterocycles. The average Bonchev–Trinajstić information content (AvgIpc) is 2.96. The van der Waals surface area contributed by atoms with E-state index in [-0.39, 0.29) is 0 Å². The summed E-state index contributed by atoms with van der Waals surface area (Å²) in [6.07, 6.45) is 4.27. The zero-order valence-electron chi connectivity index (χ0n) is 12.3. The molecule has 1 fully saturated rings. The van der Waals surface area contributed by atoms with E-state index >= 15 is 0 Å². The van der Waals surface area contributed by atoms with Crippen molar-refractivity contribution in [3.63, 3.8) is 0 Å². The fourth-order valence-electron chi connectivity index (χ4n) is 2.97. The second-order valence-electron chi connectivity index (χ2n) is 5.97. The van der Waals surface area contributed by atoms with Crippen molar-refractivity contribution in [2.45, 2.75) is 48.8 Å². The molecular weight excluding hydrogens is 282 g/mol. The summed E-state index contributed by atoms with van der Waals surface area (Å²) in [6.45, 7) is 2.24. The molecule has 0 amide bonds. The maximum atomic E-state index is 6.50. The summed E-state index contributed by atoms with van der Waals surface area (Å²) in [6, 6.07) is 10.2. The fourth-order valence-corrected chi connectivity index (χ4v) is 3.73. The van der Waals surface area contributed by atoms with E-state index < -0.39 is 5.54 Å². The summed E-state index contributed by atoms with van der Waals surface area (Å²) in [5.41, 5.74) is 6.09. The zero-order valence-corrected chi connectivity index (χ0v) is 13.1. The first kappa shape index (κ1) is 14.6. The first-order valence-corrected chi connectivity index (χ1v) is 8.44. The Morgan fingerprint density at radius 2 is 2.19 bits per heavy atom. The van der Waals surface area contributed by atoms with Gasteiger partial charge in [-0.3, -0.25) is 0 Å². The van der Waals surface area contributed by atoms with Gasteiger partial charge in [0.15, 0.2) is 5.82 Å². The number of thioether (sulfide) groups is 1. The van der Waals surface area contributed by atoms with Crippen molar-refractivity contribution in [1.82, 2.24) is 10.1 Å². The van der Waals surface area contributed by atoms with Crippen LogP contribution < -0.4 is 5.73 Å². The predicted molar refractivity (Wildman–Crippen MR) is 83.8 cm³/mol. The minimum Gasteiger partial charge on any atom is -0.338 e. The standard InChI is InChI=1S/C16H21N3OS/c1-12-6-5-9-16(17,10-12)15-18-14(20-19-15)11-21-13-7-3-2-4-8-13/h2-4,7-8,12H,5-6,9-11,17H2,1H3. The third kappa shape index (κ3) is 3.47. The van der Waals surface area contributed by atoms with Gasteiger partial charge < -0.3 is 10.3 Å². The number of hydrogen-bond acceptors (Lipinski definition) is 5. The smallest absolute Gasteiger partial charge is 0.237 e. The van der Waals surface area contributed by atoms with Crippen LogP contribution in [0.25, 0.3) is 0 Å². The molecule has 2 unspecified atom stereocenters. The van der Waals surface area contributed by atoms with Gasteiger partial charge in [0.2, 0.25) is 5.89 Å². The SMILES string of the molecule is CC1CCCC(N)(c2noc(CSc3ccccc3)n2)C1. The maximum Gasteiger partial charge on any atom is 0.237 e. The van der Waals surface area contributed by atoms with E-state index in [4.69, 9.17) is 10.3 Å². The minimum absolute atomic E-state index is 0.406. The number of rotatable bonds is 4. The van der Waals surface area contributed by atoms with E-state index in [0.29, 0.717) is 23.4 Å². The van der Waals surface area contributed by atoms with Crippen LogP contribution in [0.4, 0.5) is 0 Å². The molecule has 4 nitrogen and oxygen atoms in total. The Balaban J connectivity index is 1.66. The molecule has 3 rings (SSSR count). The van der Waals surface area contributed by atoms with Crippen molar-refractivity contribution in [2.24, 2.45) is 11.7 Å². The maximum absolute atomic E-state index is 6.50. The lowest BCUT2D eigenvalue weighted by Crippen LogP contribution is -2.42. The molecule has 21 heavy (non-hydrogen) atoms. The van der Waals surface area contributed by atoms with Gasteiger partial charge in [-0.2, -0.15) is 4.98 Å². The Labute approximate surface area is 129 Å². The summed E-state index contributed by atoms with van der Waals surface area (Å²) in [5, 5.41) is 4.13. The van der Waals surface area contributed by atoms with Crippen LogP contribution in [0.1, 0.15) is 44.3 Å². The van der Waals surface area contributed by atoms with Crippen LogP contribution in [-0.2, 0) is 11.3 Å². The number of aromatic nitrogens is 2. The van der Waals surface area contributed by atoms with E-state index in [2.05, 4.69) is 29.2 Å². The lowest BCUT2D eigenvalue weighted by molar-refractivity contribution is 0.221. The van der Waals surface area contributed by atoms with Gasteiger partial charge in [-0.25, -0.2) is 0 Å². The van der Waals surface area contributed by atoms with Crippen LogP contribution in [0, 0.1) is 5.92 Å². The number of nitrogens with zero attached hydrogens (tertiary/aromatic N) is 2. The van der Waals surface area contributed by atoms with E-state index in [1.54, 1.807) is 11.8 Å². The molecule has 5 heteroatoms. The van der Waals surface area contributed by atoms with Gasteiger partial charge in [-0.05, 0) is 30.9 Å². The van der Waals surface area contributed by atoms with Gasteiger partial charge in [0.1, 0.15) is 0 Å². The average molecular weight is 303 g/mol. The van der Waals surface area contributed by atoms with Gasteiger partial charge in [-0.15, -0.1) is 11.8 Å². The molecule has 0 radical (unpaired) electrons. The highest BCUT2D eigenvalue weighted by atomic mass is 32.2. The lowest BCUT2D eigenvalue weighted by atomic mass is 9.76. The normalized spacial score (nSPS) is 25.9. The van der Waals surface area contributed by atoms with Crippen LogP contribution >= 0.6 is 11.8 Å². The second kappa shape index (κ2) is 6.20. The first-order valence-electron chi connectivity index (χ1n) is 7.45. The van der Waals surface area contributed by atoms with Gasteiger partial charge >= 0.3 is 0 Å². The molecule has 1 aliphatic rings. The molecule has 0 bridgehead atoms. The van der Waals surface area contributed by atoms with E-state index in [9.17, 15) is 0 Å². The Morgan fingerprint density at radius 1 is 1.38 bits per heavy atom. The number of nitrogens with two attached hydrogens (primary N) is 1. The topological polar surface area (TPSA) is 64.9 Å². The van der Waals surface area contributed by atoms with Crippen molar-refractivity contribution in [2.75, 3.05) is 0 Å². The van der Waals surface area contributed by atoms with Gasteiger partial charge in [-0.1, -0.05) is 43.1 Å². The Morgan fingerprint density at radius 3 is 2.95 bits per heavy atom. The molecule has 2 atom stereocenters. The molecule has 1 aromatic carbocycles. The molecular formula is C16H21N3OS. The van der Waals surface area contributed by atoms with E-state index in [1.807, 2.05) is 18.2 Å². The quantitative estimate of drug-likeness (QED) is 0.872. The lowest BCUT2D eigenvalue weighted by Gasteiger charge is -2.33. The zero-order chi connectivity index (χ0) is 14.7. The Hall–Kier alpha value is -1.33. The molecule has 2 N–H and O–H groups in total. The molecule has 1 saturated carbocycles. The van der Waals surface area contributed by atoms with Crippen LogP contribution in [0.3, 0.4) is 0 Å². The monoisotopic (exact) mass is 303 g/mol. The molecule has 112 valence electrons. The highest BCUT2D eigenvalue weighted by molar-refractivity contribution is 7.98. The summed E-state index contributed by atoms with van der Waals surface area (Å²) in [7, 11) is 0. The Bertz CT molecular complexity index is 586. The molecule has 1 heterocycles. The van der Waals surface area contributed by atoms with Gasteiger partial charge in [0, 0.05) is 4.90 Å².